The Morgan fingerprint density at radius 2 is 1.93 bits per heavy atom. The van der Waals surface area contributed by atoms with Crippen molar-refractivity contribution in [1.82, 2.24) is 0 Å². The molecule has 0 amide bonds. The van der Waals surface area contributed by atoms with Gasteiger partial charge in [-0.1, -0.05) is 13.3 Å². The summed E-state index contributed by atoms with van der Waals surface area (Å²) in [6, 6.07) is 0. The number of halogens is 3. The van der Waals surface area contributed by atoms with Gasteiger partial charge in [0.05, 0.1) is 4.75 Å². The van der Waals surface area contributed by atoms with Crippen molar-refractivity contribution in [3.8, 4) is 0 Å². The maximum atomic E-state index is 12.2. The lowest BCUT2D eigenvalue weighted by Gasteiger charge is -2.19. The molecule has 0 bridgehead atoms. The van der Waals surface area contributed by atoms with Crippen LogP contribution in [0.5, 0.6) is 0 Å². The minimum Gasteiger partial charge on any atom is -0.212 e. The van der Waals surface area contributed by atoms with Crippen LogP contribution in [0.15, 0.2) is 0 Å². The van der Waals surface area contributed by atoms with E-state index in [1.165, 1.54) is 0 Å². The van der Waals surface area contributed by atoms with Crippen LogP contribution in [0.1, 0.15) is 39.0 Å². The zero-order valence-corrected chi connectivity index (χ0v) is 10.1. The maximum Gasteiger partial charge on any atom is 0.238 e. The van der Waals surface area contributed by atoms with E-state index in [1.54, 1.807) is 6.92 Å². The molecule has 1 rings (SSSR count). The summed E-state index contributed by atoms with van der Waals surface area (Å²) in [6.45, 7) is 1.80. The van der Waals surface area contributed by atoms with Gasteiger partial charge in [0.15, 0.2) is 0 Å². The van der Waals surface area contributed by atoms with E-state index in [0.717, 1.165) is 0 Å². The fourth-order valence-corrected chi connectivity index (χ4v) is 3.54. The standard InChI is InChI=1S/C9H15ClF2O2S/c1-2-7(5-8(11)12)6-9(3-4-9)15(10,13)14/h7-8H,2-6H2,1H3. The molecule has 15 heavy (non-hydrogen) atoms. The third-order valence-corrected chi connectivity index (χ3v) is 5.67. The predicted molar refractivity (Wildman–Crippen MR) is 55.8 cm³/mol. The first-order chi connectivity index (χ1) is 6.81. The normalized spacial score (nSPS) is 21.7. The molecule has 0 aliphatic heterocycles. The van der Waals surface area contributed by atoms with E-state index >= 15 is 0 Å². The molecule has 0 N–H and O–H groups in total. The van der Waals surface area contributed by atoms with Crippen LogP contribution < -0.4 is 0 Å². The Labute approximate surface area is 93.4 Å². The summed E-state index contributed by atoms with van der Waals surface area (Å²) in [5, 5.41) is 0. The molecule has 1 fully saturated rings. The van der Waals surface area contributed by atoms with E-state index in [4.69, 9.17) is 10.7 Å². The van der Waals surface area contributed by atoms with Crippen LogP contribution in [-0.4, -0.2) is 19.6 Å². The molecule has 2 nitrogen and oxygen atoms in total. The van der Waals surface area contributed by atoms with Crippen molar-refractivity contribution >= 4 is 19.7 Å². The van der Waals surface area contributed by atoms with Crippen molar-refractivity contribution < 1.29 is 17.2 Å². The molecule has 0 aromatic rings. The van der Waals surface area contributed by atoms with Gasteiger partial charge >= 0.3 is 0 Å². The molecule has 1 aliphatic rings. The third-order valence-electron chi connectivity index (χ3n) is 3.07. The lowest BCUT2D eigenvalue weighted by atomic mass is 9.96. The summed E-state index contributed by atoms with van der Waals surface area (Å²) in [6.07, 6.45) is -0.733. The summed E-state index contributed by atoms with van der Waals surface area (Å²) in [5.74, 6) is -0.249. The highest BCUT2D eigenvalue weighted by Gasteiger charge is 2.54. The fourth-order valence-electron chi connectivity index (χ4n) is 1.86. The lowest BCUT2D eigenvalue weighted by Crippen LogP contribution is -2.23. The average Bonchev–Trinajstić information content (AvgIpc) is 2.82. The van der Waals surface area contributed by atoms with Crippen molar-refractivity contribution in [2.24, 2.45) is 5.92 Å². The van der Waals surface area contributed by atoms with Crippen LogP contribution in [0, 0.1) is 5.92 Å². The Morgan fingerprint density at radius 1 is 1.40 bits per heavy atom. The van der Waals surface area contributed by atoms with E-state index in [9.17, 15) is 17.2 Å². The topological polar surface area (TPSA) is 34.1 Å². The summed E-state index contributed by atoms with van der Waals surface area (Å²) in [4.78, 5) is 0. The van der Waals surface area contributed by atoms with E-state index in [1.807, 2.05) is 0 Å². The smallest absolute Gasteiger partial charge is 0.212 e. The number of rotatable bonds is 6. The summed E-state index contributed by atoms with van der Waals surface area (Å²) < 4.78 is 45.9. The zero-order valence-electron chi connectivity index (χ0n) is 8.55. The Balaban J connectivity index is 2.60. The van der Waals surface area contributed by atoms with Gasteiger partial charge < -0.3 is 0 Å². The monoisotopic (exact) mass is 260 g/mol. The second-order valence-corrected chi connectivity index (χ2v) is 7.19. The van der Waals surface area contributed by atoms with Crippen molar-refractivity contribution in [3.63, 3.8) is 0 Å². The predicted octanol–water partition coefficient (Wildman–Crippen LogP) is 3.16. The third kappa shape index (κ3) is 3.28. The summed E-state index contributed by atoms with van der Waals surface area (Å²) >= 11 is 0. The Kier molecular flexibility index (Phi) is 3.98. The van der Waals surface area contributed by atoms with Gasteiger partial charge in [-0.15, -0.1) is 0 Å². The first-order valence-electron chi connectivity index (χ1n) is 5.03. The van der Waals surface area contributed by atoms with Crippen molar-refractivity contribution in [2.75, 3.05) is 0 Å². The lowest BCUT2D eigenvalue weighted by molar-refractivity contribution is 0.110. The first kappa shape index (κ1) is 13.2. The number of hydrogen-bond acceptors (Lipinski definition) is 2. The van der Waals surface area contributed by atoms with Crippen LogP contribution in [0.25, 0.3) is 0 Å². The molecule has 1 aliphatic carbocycles. The molecule has 6 heteroatoms. The fraction of sp³-hybridized carbons (Fsp3) is 1.00. The molecule has 0 saturated heterocycles. The minimum atomic E-state index is -3.60. The summed E-state index contributed by atoms with van der Waals surface area (Å²) in [5.41, 5.74) is 0. The van der Waals surface area contributed by atoms with Crippen molar-refractivity contribution in [1.29, 1.82) is 0 Å². The van der Waals surface area contributed by atoms with E-state index in [0.29, 0.717) is 19.3 Å². The van der Waals surface area contributed by atoms with Crippen LogP contribution in [0.3, 0.4) is 0 Å². The van der Waals surface area contributed by atoms with E-state index in [2.05, 4.69) is 0 Å². The second-order valence-electron chi connectivity index (χ2n) is 4.23. The van der Waals surface area contributed by atoms with Crippen LogP contribution in [-0.2, 0) is 9.05 Å². The Morgan fingerprint density at radius 3 is 2.20 bits per heavy atom. The van der Waals surface area contributed by atoms with E-state index < -0.39 is 20.2 Å². The van der Waals surface area contributed by atoms with Gasteiger partial charge in [-0.05, 0) is 25.2 Å². The van der Waals surface area contributed by atoms with Gasteiger partial charge in [0.2, 0.25) is 15.5 Å². The summed E-state index contributed by atoms with van der Waals surface area (Å²) in [7, 11) is 1.70. The highest BCUT2D eigenvalue weighted by Crippen LogP contribution is 2.51. The van der Waals surface area contributed by atoms with Gasteiger partial charge in [-0.2, -0.15) is 0 Å². The maximum absolute atomic E-state index is 12.2. The molecule has 0 heterocycles. The van der Waals surface area contributed by atoms with Crippen LogP contribution in [0.2, 0.25) is 0 Å². The molecule has 1 atom stereocenters. The van der Waals surface area contributed by atoms with Gasteiger partial charge in [0.1, 0.15) is 0 Å². The molecule has 0 aromatic carbocycles. The van der Waals surface area contributed by atoms with Gasteiger partial charge in [0, 0.05) is 17.1 Å². The highest BCUT2D eigenvalue weighted by atomic mass is 35.7. The molecular weight excluding hydrogens is 246 g/mol. The van der Waals surface area contributed by atoms with Gasteiger partial charge in [0.25, 0.3) is 0 Å². The van der Waals surface area contributed by atoms with Crippen LogP contribution >= 0.6 is 10.7 Å². The van der Waals surface area contributed by atoms with Gasteiger partial charge in [-0.3, -0.25) is 0 Å². The quantitative estimate of drug-likeness (QED) is 0.688. The largest absolute Gasteiger partial charge is 0.238 e. The SMILES string of the molecule is CCC(CC(F)F)CC1(S(=O)(=O)Cl)CC1. The van der Waals surface area contributed by atoms with E-state index in [-0.39, 0.29) is 18.8 Å². The molecule has 90 valence electrons. The molecule has 1 saturated carbocycles. The molecule has 1 unspecified atom stereocenters. The Hall–Kier alpha value is 0.1000. The first-order valence-corrected chi connectivity index (χ1v) is 7.34. The minimum absolute atomic E-state index is 0.231. The molecule has 0 aromatic heterocycles. The highest BCUT2D eigenvalue weighted by molar-refractivity contribution is 8.15. The van der Waals surface area contributed by atoms with Crippen molar-refractivity contribution in [2.45, 2.75) is 50.2 Å². The number of hydrogen-bond donors (Lipinski definition) is 0. The zero-order chi connectivity index (χ0) is 11.7. The van der Waals surface area contributed by atoms with Crippen LogP contribution in [0.4, 0.5) is 8.78 Å². The van der Waals surface area contributed by atoms with Crippen molar-refractivity contribution in [3.05, 3.63) is 0 Å². The average molecular weight is 261 g/mol. The second kappa shape index (κ2) is 4.53. The Bertz CT molecular complexity index is 312. The van der Waals surface area contributed by atoms with Gasteiger partial charge in [-0.25, -0.2) is 17.2 Å². The number of alkyl halides is 2. The molecular formula is C9H15ClF2O2S. The molecule has 0 spiro atoms. The molecule has 0 radical (unpaired) electrons.